The van der Waals surface area contributed by atoms with Gasteiger partial charge in [-0.2, -0.15) is 5.26 Å². The van der Waals surface area contributed by atoms with Crippen LogP contribution in [0.25, 0.3) is 22.4 Å². The van der Waals surface area contributed by atoms with Crippen molar-refractivity contribution in [2.45, 2.75) is 44.9 Å². The van der Waals surface area contributed by atoms with E-state index in [2.05, 4.69) is 46.0 Å². The molecule has 1 amide bonds. The molecule has 8 nitrogen and oxygen atoms in total. The summed E-state index contributed by atoms with van der Waals surface area (Å²) in [5.74, 6) is 2.46. The lowest BCUT2D eigenvalue weighted by atomic mass is 9.72. The van der Waals surface area contributed by atoms with Gasteiger partial charge in [-0.15, -0.1) is 0 Å². The molecule has 4 fully saturated rings. The van der Waals surface area contributed by atoms with E-state index in [0.717, 1.165) is 84.3 Å². The fourth-order valence-corrected chi connectivity index (χ4v) is 7.34. The standard InChI is InChI=1S/C34H35N7O/c1-22-13-27(24-5-4-6-24)28(32-37-29-15-31(36-17-30(29)38-32)39-11-2-3-12-39)14-26(22)33(42)41-20-34(21-41)18-40(19-34)25-9-7-23(16-35)8-10-25/h7-10,13-15,17,24H,2-6,11-12,18-21H2,1H3,(H,37,38). The lowest BCUT2D eigenvalue weighted by molar-refractivity contribution is -0.0105. The van der Waals surface area contributed by atoms with Crippen LogP contribution in [-0.4, -0.2) is 65.0 Å². The van der Waals surface area contributed by atoms with Gasteiger partial charge in [-0.05, 0) is 80.0 Å². The van der Waals surface area contributed by atoms with Gasteiger partial charge in [0, 0.05) is 67.6 Å². The van der Waals surface area contributed by atoms with Crippen molar-refractivity contribution in [2.24, 2.45) is 5.41 Å². The Balaban J connectivity index is 1.04. The number of aromatic nitrogens is 3. The molecule has 3 aliphatic heterocycles. The number of hydrogen-bond acceptors (Lipinski definition) is 6. The molecule has 0 unspecified atom stereocenters. The van der Waals surface area contributed by atoms with Gasteiger partial charge in [0.2, 0.25) is 0 Å². The molecular weight excluding hydrogens is 522 g/mol. The first-order valence-electron chi connectivity index (χ1n) is 15.3. The van der Waals surface area contributed by atoms with Crippen LogP contribution in [-0.2, 0) is 0 Å². The summed E-state index contributed by atoms with van der Waals surface area (Å²) >= 11 is 0. The van der Waals surface area contributed by atoms with E-state index in [1.807, 2.05) is 35.4 Å². The number of aryl methyl sites for hydroxylation is 1. The van der Waals surface area contributed by atoms with E-state index in [9.17, 15) is 4.79 Å². The minimum Gasteiger partial charge on any atom is -0.370 e. The third kappa shape index (κ3) is 4.13. The number of likely N-dealkylation sites (tertiary alicyclic amines) is 1. The summed E-state index contributed by atoms with van der Waals surface area (Å²) in [5, 5.41) is 9.07. The van der Waals surface area contributed by atoms with Crippen molar-refractivity contribution in [1.29, 1.82) is 5.26 Å². The molecule has 1 N–H and O–H groups in total. The summed E-state index contributed by atoms with van der Waals surface area (Å²) in [6, 6.07) is 16.4. The number of pyridine rings is 1. The van der Waals surface area contributed by atoms with E-state index in [4.69, 9.17) is 15.2 Å². The quantitative estimate of drug-likeness (QED) is 0.342. The average Bonchev–Trinajstić information content (AvgIpc) is 3.61. The van der Waals surface area contributed by atoms with E-state index in [0.29, 0.717) is 11.5 Å². The first-order valence-corrected chi connectivity index (χ1v) is 15.3. The molecule has 1 aliphatic carbocycles. The molecule has 8 heteroatoms. The third-order valence-corrected chi connectivity index (χ3v) is 9.96. The molecule has 3 saturated heterocycles. The van der Waals surface area contributed by atoms with Gasteiger partial charge in [-0.3, -0.25) is 4.79 Å². The monoisotopic (exact) mass is 557 g/mol. The lowest BCUT2D eigenvalue weighted by Gasteiger charge is -2.61. The summed E-state index contributed by atoms with van der Waals surface area (Å²) in [6.45, 7) is 7.64. The Hall–Kier alpha value is -4.38. The van der Waals surface area contributed by atoms with Gasteiger partial charge in [0.05, 0.1) is 28.9 Å². The predicted molar refractivity (Wildman–Crippen MR) is 164 cm³/mol. The molecule has 5 heterocycles. The Kier molecular flexibility index (Phi) is 5.78. The zero-order valence-electron chi connectivity index (χ0n) is 24.1. The van der Waals surface area contributed by atoms with E-state index in [1.165, 1.54) is 37.7 Å². The maximum absolute atomic E-state index is 13.8. The average molecular weight is 558 g/mol. The van der Waals surface area contributed by atoms with E-state index < -0.39 is 0 Å². The molecular formula is C34H35N7O. The van der Waals surface area contributed by atoms with Crippen LogP contribution in [0.1, 0.15) is 65.1 Å². The number of rotatable bonds is 5. The summed E-state index contributed by atoms with van der Waals surface area (Å²) in [4.78, 5) is 33.8. The number of anilines is 2. The van der Waals surface area contributed by atoms with Crippen LogP contribution in [0.2, 0.25) is 0 Å². The predicted octanol–water partition coefficient (Wildman–Crippen LogP) is 5.64. The number of carbonyl (C=O) groups is 1. The van der Waals surface area contributed by atoms with Crippen molar-refractivity contribution in [3.05, 3.63) is 70.9 Å². The van der Waals surface area contributed by atoms with Gasteiger partial charge in [-0.25, -0.2) is 9.97 Å². The van der Waals surface area contributed by atoms with Crippen molar-refractivity contribution in [3.63, 3.8) is 0 Å². The SMILES string of the molecule is Cc1cc(C2CCC2)c(-c2nc3cc(N4CCCC4)ncc3[nH]2)cc1C(=O)N1CC2(C1)CN(c1ccc(C#N)cc1)C2. The Labute approximate surface area is 246 Å². The van der Waals surface area contributed by atoms with Crippen molar-refractivity contribution in [2.75, 3.05) is 49.1 Å². The minimum atomic E-state index is 0.116. The Morgan fingerprint density at radius 3 is 2.45 bits per heavy atom. The molecule has 42 heavy (non-hydrogen) atoms. The normalized spacial score (nSPS) is 19.5. The highest BCUT2D eigenvalue weighted by atomic mass is 16.2. The van der Waals surface area contributed by atoms with Gasteiger partial charge < -0.3 is 19.7 Å². The molecule has 2 aromatic carbocycles. The van der Waals surface area contributed by atoms with Gasteiger partial charge in [-0.1, -0.05) is 12.5 Å². The van der Waals surface area contributed by atoms with Gasteiger partial charge in [0.1, 0.15) is 11.6 Å². The maximum Gasteiger partial charge on any atom is 0.254 e. The number of nitriles is 1. The number of nitrogens with one attached hydrogen (secondary N) is 1. The van der Waals surface area contributed by atoms with Gasteiger partial charge >= 0.3 is 0 Å². The fourth-order valence-electron chi connectivity index (χ4n) is 7.34. The number of fused-ring (bicyclic) bond motifs is 1. The molecule has 4 aliphatic rings. The minimum absolute atomic E-state index is 0.116. The van der Waals surface area contributed by atoms with Crippen LogP contribution in [0.3, 0.4) is 0 Å². The van der Waals surface area contributed by atoms with Crippen molar-refractivity contribution >= 4 is 28.4 Å². The number of amides is 1. The van der Waals surface area contributed by atoms with E-state index >= 15 is 0 Å². The number of aromatic amines is 1. The number of carbonyl (C=O) groups excluding carboxylic acids is 1. The number of nitrogens with zero attached hydrogens (tertiary/aromatic N) is 6. The second kappa shape index (κ2) is 9.59. The van der Waals surface area contributed by atoms with Crippen molar-refractivity contribution in [1.82, 2.24) is 19.9 Å². The largest absolute Gasteiger partial charge is 0.370 e. The summed E-state index contributed by atoms with van der Waals surface area (Å²) in [6.07, 6.45) is 7.95. The molecule has 0 bridgehead atoms. The summed E-state index contributed by atoms with van der Waals surface area (Å²) < 4.78 is 0. The Morgan fingerprint density at radius 2 is 1.76 bits per heavy atom. The number of H-pyrrole nitrogens is 1. The molecule has 212 valence electrons. The number of benzene rings is 2. The van der Waals surface area contributed by atoms with Gasteiger partial charge in [0.25, 0.3) is 5.91 Å². The molecule has 1 saturated carbocycles. The van der Waals surface area contributed by atoms with Crippen LogP contribution in [0.5, 0.6) is 0 Å². The smallest absolute Gasteiger partial charge is 0.254 e. The molecule has 1 spiro atoms. The topological polar surface area (TPSA) is 92.2 Å². The van der Waals surface area contributed by atoms with Crippen molar-refractivity contribution in [3.8, 4) is 17.5 Å². The zero-order valence-corrected chi connectivity index (χ0v) is 24.1. The second-order valence-electron chi connectivity index (χ2n) is 12.9. The van der Waals surface area contributed by atoms with Crippen molar-refractivity contribution < 1.29 is 4.79 Å². The van der Waals surface area contributed by atoms with Crippen LogP contribution >= 0.6 is 0 Å². The fraction of sp³-hybridized carbons (Fsp3) is 0.412. The molecule has 2 aromatic heterocycles. The van der Waals surface area contributed by atoms with Crippen LogP contribution in [0.15, 0.2) is 48.7 Å². The summed E-state index contributed by atoms with van der Waals surface area (Å²) in [5.41, 5.74) is 8.04. The van der Waals surface area contributed by atoms with E-state index in [1.54, 1.807) is 0 Å². The molecule has 0 atom stereocenters. The van der Waals surface area contributed by atoms with Crippen LogP contribution in [0.4, 0.5) is 11.5 Å². The first-order chi connectivity index (χ1) is 20.5. The Morgan fingerprint density at radius 1 is 1.00 bits per heavy atom. The lowest BCUT2D eigenvalue weighted by Crippen LogP contribution is -2.73. The molecule has 0 radical (unpaired) electrons. The highest BCUT2D eigenvalue weighted by Crippen LogP contribution is 2.45. The third-order valence-electron chi connectivity index (χ3n) is 9.96. The van der Waals surface area contributed by atoms with Gasteiger partial charge in [0.15, 0.2) is 0 Å². The van der Waals surface area contributed by atoms with E-state index in [-0.39, 0.29) is 11.3 Å². The first kappa shape index (κ1) is 25.3. The number of imidazole rings is 1. The molecule has 4 aromatic rings. The zero-order chi connectivity index (χ0) is 28.4. The van der Waals surface area contributed by atoms with Crippen LogP contribution in [0, 0.1) is 23.7 Å². The molecule has 8 rings (SSSR count). The Bertz CT molecular complexity index is 1730. The highest BCUT2D eigenvalue weighted by Gasteiger charge is 2.53. The second-order valence-corrected chi connectivity index (χ2v) is 12.9. The summed E-state index contributed by atoms with van der Waals surface area (Å²) in [7, 11) is 0. The van der Waals surface area contributed by atoms with Crippen LogP contribution < -0.4 is 9.80 Å². The number of hydrogen-bond donors (Lipinski definition) is 1. The maximum atomic E-state index is 13.8. The highest BCUT2D eigenvalue weighted by molar-refractivity contribution is 5.98.